The van der Waals surface area contributed by atoms with Crippen LogP contribution in [0.1, 0.15) is 5.56 Å². The zero-order chi connectivity index (χ0) is 14.8. The van der Waals surface area contributed by atoms with Crippen molar-refractivity contribution in [2.45, 2.75) is 6.92 Å². The van der Waals surface area contributed by atoms with Crippen LogP contribution in [0.2, 0.25) is 0 Å². The Kier molecular flexibility index (Phi) is 3.43. The third-order valence-electron chi connectivity index (χ3n) is 3.50. The Hall–Kier alpha value is -2.63. The Bertz CT molecular complexity index is 698. The summed E-state index contributed by atoms with van der Waals surface area (Å²) in [4.78, 5) is 28.6. The molecule has 3 rings (SSSR count). The average Bonchev–Trinajstić information content (AvgIpc) is 2.79. The van der Waals surface area contributed by atoms with Crippen LogP contribution in [-0.4, -0.2) is 41.5 Å². The Balaban J connectivity index is 1.68. The molecular formula is C15H16N4O2. The Morgan fingerprint density at radius 3 is 2.90 bits per heavy atom. The van der Waals surface area contributed by atoms with E-state index in [9.17, 15) is 9.59 Å². The van der Waals surface area contributed by atoms with E-state index in [-0.39, 0.29) is 18.5 Å². The van der Waals surface area contributed by atoms with Crippen LogP contribution < -0.4 is 10.6 Å². The van der Waals surface area contributed by atoms with Gasteiger partial charge in [-0.1, -0.05) is 18.2 Å². The number of rotatable bonds is 4. The first-order valence-electron chi connectivity index (χ1n) is 6.83. The topological polar surface area (TPSA) is 74.3 Å². The van der Waals surface area contributed by atoms with Crippen LogP contribution >= 0.6 is 0 Å². The molecule has 1 aromatic carbocycles. The summed E-state index contributed by atoms with van der Waals surface area (Å²) in [6, 6.07) is 9.57. The molecule has 2 N–H and O–H groups in total. The van der Waals surface area contributed by atoms with E-state index < -0.39 is 0 Å². The fraction of sp³-hybridized carbons (Fsp3) is 0.267. The Morgan fingerprint density at radius 2 is 2.14 bits per heavy atom. The van der Waals surface area contributed by atoms with Crippen molar-refractivity contribution in [2.24, 2.45) is 0 Å². The first-order valence-corrected chi connectivity index (χ1v) is 6.83. The second-order valence-electron chi connectivity index (χ2n) is 4.97. The van der Waals surface area contributed by atoms with Gasteiger partial charge in [0.25, 0.3) is 0 Å². The van der Waals surface area contributed by atoms with Gasteiger partial charge in [0, 0.05) is 18.5 Å². The first-order chi connectivity index (χ1) is 10.1. The summed E-state index contributed by atoms with van der Waals surface area (Å²) in [6.45, 7) is 2.93. The zero-order valence-corrected chi connectivity index (χ0v) is 11.7. The largest absolute Gasteiger partial charge is 0.368 e. The number of amides is 3. The van der Waals surface area contributed by atoms with E-state index in [0.717, 1.165) is 22.3 Å². The number of carbonyl (C=O) groups is 2. The zero-order valence-electron chi connectivity index (χ0n) is 11.7. The quantitative estimate of drug-likeness (QED) is 0.835. The van der Waals surface area contributed by atoms with E-state index in [2.05, 4.69) is 15.6 Å². The molecule has 1 saturated heterocycles. The molecule has 1 aliphatic heterocycles. The van der Waals surface area contributed by atoms with Gasteiger partial charge in [-0.2, -0.15) is 0 Å². The van der Waals surface area contributed by atoms with Crippen molar-refractivity contribution in [1.82, 2.24) is 15.2 Å². The molecule has 0 bridgehead atoms. The average molecular weight is 284 g/mol. The van der Waals surface area contributed by atoms with E-state index in [1.807, 2.05) is 37.3 Å². The molecule has 6 heteroatoms. The third-order valence-corrected chi connectivity index (χ3v) is 3.50. The summed E-state index contributed by atoms with van der Waals surface area (Å²) >= 11 is 0. The number of benzene rings is 1. The number of urea groups is 1. The van der Waals surface area contributed by atoms with Gasteiger partial charge in [-0.15, -0.1) is 0 Å². The number of anilines is 1. The van der Waals surface area contributed by atoms with Crippen molar-refractivity contribution < 1.29 is 9.59 Å². The van der Waals surface area contributed by atoms with Crippen LogP contribution in [0.4, 0.5) is 10.6 Å². The van der Waals surface area contributed by atoms with Gasteiger partial charge < -0.3 is 10.6 Å². The molecule has 1 aromatic heterocycles. The van der Waals surface area contributed by atoms with Gasteiger partial charge in [0.15, 0.2) is 0 Å². The van der Waals surface area contributed by atoms with Gasteiger partial charge in [-0.05, 0) is 24.6 Å². The van der Waals surface area contributed by atoms with Gasteiger partial charge in [-0.3, -0.25) is 9.69 Å². The summed E-state index contributed by atoms with van der Waals surface area (Å²) in [7, 11) is 0. The summed E-state index contributed by atoms with van der Waals surface area (Å²) in [5.41, 5.74) is 2.06. The van der Waals surface area contributed by atoms with Crippen LogP contribution in [0, 0.1) is 6.92 Å². The number of para-hydroxylation sites is 1. The van der Waals surface area contributed by atoms with E-state index in [0.29, 0.717) is 13.1 Å². The molecule has 108 valence electrons. The van der Waals surface area contributed by atoms with E-state index in [4.69, 9.17) is 0 Å². The van der Waals surface area contributed by atoms with Crippen LogP contribution in [0.5, 0.6) is 0 Å². The summed E-state index contributed by atoms with van der Waals surface area (Å²) < 4.78 is 0. The van der Waals surface area contributed by atoms with Gasteiger partial charge in [0.2, 0.25) is 5.91 Å². The highest BCUT2D eigenvalue weighted by Crippen LogP contribution is 2.19. The SMILES string of the molecule is Cc1cc(NCCN2C(=O)CNC2=O)nc2ccccc12. The van der Waals surface area contributed by atoms with Crippen LogP contribution in [0.15, 0.2) is 30.3 Å². The molecule has 0 unspecified atom stereocenters. The number of imide groups is 1. The lowest BCUT2D eigenvalue weighted by Gasteiger charge is -2.13. The standard InChI is InChI=1S/C15H16N4O2/c1-10-8-13(18-12-5-3-2-4-11(10)12)16-6-7-19-14(20)9-17-15(19)21/h2-5,8H,6-7,9H2,1H3,(H,16,18)(H,17,21). The number of fused-ring (bicyclic) bond motifs is 1. The highest BCUT2D eigenvalue weighted by molar-refractivity contribution is 6.01. The van der Waals surface area contributed by atoms with Crippen LogP contribution in [0.3, 0.4) is 0 Å². The van der Waals surface area contributed by atoms with Crippen molar-refractivity contribution in [3.8, 4) is 0 Å². The number of nitrogens with one attached hydrogen (secondary N) is 2. The van der Waals surface area contributed by atoms with Crippen molar-refractivity contribution in [1.29, 1.82) is 0 Å². The molecule has 2 aromatic rings. The fourth-order valence-electron chi connectivity index (χ4n) is 2.42. The minimum atomic E-state index is -0.329. The van der Waals surface area contributed by atoms with Crippen molar-refractivity contribution >= 4 is 28.7 Å². The minimum absolute atomic E-state index is 0.0895. The highest BCUT2D eigenvalue weighted by atomic mass is 16.2. The van der Waals surface area contributed by atoms with Crippen molar-refractivity contribution in [2.75, 3.05) is 25.0 Å². The molecule has 3 amide bonds. The molecule has 0 atom stereocenters. The lowest BCUT2D eigenvalue weighted by Crippen LogP contribution is -2.35. The van der Waals surface area contributed by atoms with E-state index in [1.54, 1.807) is 0 Å². The number of nitrogens with zero attached hydrogens (tertiary/aromatic N) is 2. The first kappa shape index (κ1) is 13.4. The molecule has 1 fully saturated rings. The molecular weight excluding hydrogens is 268 g/mol. The maximum absolute atomic E-state index is 11.5. The van der Waals surface area contributed by atoms with Crippen LogP contribution in [0.25, 0.3) is 10.9 Å². The summed E-state index contributed by atoms with van der Waals surface area (Å²) in [5, 5.41) is 6.78. The molecule has 1 aliphatic rings. The van der Waals surface area contributed by atoms with Gasteiger partial charge in [-0.25, -0.2) is 9.78 Å². The van der Waals surface area contributed by atoms with Crippen LogP contribution in [-0.2, 0) is 4.79 Å². The molecule has 0 spiro atoms. The fourth-order valence-corrected chi connectivity index (χ4v) is 2.42. The predicted molar refractivity (Wildman–Crippen MR) is 80.1 cm³/mol. The second-order valence-corrected chi connectivity index (χ2v) is 4.97. The molecule has 0 saturated carbocycles. The number of hydrogen-bond donors (Lipinski definition) is 2. The predicted octanol–water partition coefficient (Wildman–Crippen LogP) is 1.51. The number of hydrogen-bond acceptors (Lipinski definition) is 4. The molecule has 2 heterocycles. The lowest BCUT2D eigenvalue weighted by atomic mass is 10.1. The maximum Gasteiger partial charge on any atom is 0.324 e. The van der Waals surface area contributed by atoms with E-state index in [1.165, 1.54) is 4.90 Å². The number of aromatic nitrogens is 1. The summed E-state index contributed by atoms with van der Waals surface area (Å²) in [5.74, 6) is 0.558. The summed E-state index contributed by atoms with van der Waals surface area (Å²) in [6.07, 6.45) is 0. The van der Waals surface area contributed by atoms with Crippen molar-refractivity contribution in [3.05, 3.63) is 35.9 Å². The second kappa shape index (κ2) is 5.40. The normalized spacial score (nSPS) is 14.6. The third kappa shape index (κ3) is 2.65. The lowest BCUT2D eigenvalue weighted by molar-refractivity contribution is -0.124. The monoisotopic (exact) mass is 284 g/mol. The van der Waals surface area contributed by atoms with Gasteiger partial charge in [0.1, 0.15) is 5.82 Å². The minimum Gasteiger partial charge on any atom is -0.368 e. The molecule has 0 radical (unpaired) electrons. The molecule has 6 nitrogen and oxygen atoms in total. The molecule has 21 heavy (non-hydrogen) atoms. The van der Waals surface area contributed by atoms with Gasteiger partial charge >= 0.3 is 6.03 Å². The number of pyridine rings is 1. The van der Waals surface area contributed by atoms with Gasteiger partial charge in [0.05, 0.1) is 12.1 Å². The maximum atomic E-state index is 11.5. The van der Waals surface area contributed by atoms with E-state index >= 15 is 0 Å². The Labute approximate surface area is 122 Å². The highest BCUT2D eigenvalue weighted by Gasteiger charge is 2.27. The number of aryl methyl sites for hydroxylation is 1. The molecule has 0 aliphatic carbocycles. The smallest absolute Gasteiger partial charge is 0.324 e. The Morgan fingerprint density at radius 1 is 1.33 bits per heavy atom. The van der Waals surface area contributed by atoms with Crippen molar-refractivity contribution in [3.63, 3.8) is 0 Å². The number of carbonyl (C=O) groups excluding carboxylic acids is 2.